The Labute approximate surface area is 144 Å². The minimum atomic E-state index is -3.69. The van der Waals surface area contributed by atoms with Crippen LogP contribution >= 0.6 is 11.6 Å². The summed E-state index contributed by atoms with van der Waals surface area (Å²) < 4.78 is 28.9. The normalized spacial score (nSPS) is 11.6. The highest BCUT2D eigenvalue weighted by molar-refractivity contribution is 7.89. The van der Waals surface area contributed by atoms with Gasteiger partial charge in [0.05, 0.1) is 29.0 Å². The van der Waals surface area contributed by atoms with Crippen LogP contribution in [0.5, 0.6) is 0 Å². The van der Waals surface area contributed by atoms with Crippen molar-refractivity contribution in [3.63, 3.8) is 0 Å². The molecule has 1 aromatic carbocycles. The molecule has 0 spiro atoms. The molecule has 1 N–H and O–H groups in total. The third-order valence-corrected chi connectivity index (χ3v) is 5.37. The van der Waals surface area contributed by atoms with Gasteiger partial charge in [0.25, 0.3) is 0 Å². The van der Waals surface area contributed by atoms with Crippen molar-refractivity contribution in [2.45, 2.75) is 18.4 Å². The average molecular weight is 364 g/mol. The van der Waals surface area contributed by atoms with E-state index in [1.165, 1.54) is 6.07 Å². The van der Waals surface area contributed by atoms with Crippen LogP contribution in [0.2, 0.25) is 5.02 Å². The molecule has 0 saturated carbocycles. The van der Waals surface area contributed by atoms with E-state index < -0.39 is 10.0 Å². The van der Waals surface area contributed by atoms with Gasteiger partial charge in [0.15, 0.2) is 0 Å². The second-order valence-electron chi connectivity index (χ2n) is 5.05. The smallest absolute Gasteiger partial charge is 0.241 e. The molecule has 24 heavy (non-hydrogen) atoms. The average Bonchev–Trinajstić information content (AvgIpc) is 3.05. The van der Waals surface area contributed by atoms with Crippen LogP contribution in [0.1, 0.15) is 11.3 Å². The van der Waals surface area contributed by atoms with E-state index in [1.54, 1.807) is 54.5 Å². The highest BCUT2D eigenvalue weighted by Gasteiger charge is 2.18. The number of halogens is 1. The van der Waals surface area contributed by atoms with Gasteiger partial charge in [-0.1, -0.05) is 22.9 Å². The predicted octanol–water partition coefficient (Wildman–Crippen LogP) is 2.10. The molecule has 3 rings (SSSR count). The summed E-state index contributed by atoms with van der Waals surface area (Å²) >= 11 is 5.99. The molecule has 0 aliphatic rings. The molecule has 0 amide bonds. The van der Waals surface area contributed by atoms with E-state index in [-0.39, 0.29) is 11.4 Å². The molecule has 7 nitrogen and oxygen atoms in total. The second kappa shape index (κ2) is 6.68. The molecule has 0 fully saturated rings. The van der Waals surface area contributed by atoms with E-state index >= 15 is 0 Å². The van der Waals surface area contributed by atoms with E-state index in [0.717, 1.165) is 5.69 Å². The Kier molecular flexibility index (Phi) is 4.61. The first-order chi connectivity index (χ1) is 11.5. The predicted molar refractivity (Wildman–Crippen MR) is 89.4 cm³/mol. The standard InChI is InChI=1S/C15H14ClN5O2S/c1-11-14(16)3-2-4-15(11)24(22,23)18-9-12-10-21(20-19-12)13-5-7-17-8-6-13/h2-8,10,18H,9H2,1H3. The Morgan fingerprint density at radius 2 is 1.96 bits per heavy atom. The molecule has 0 bridgehead atoms. The first-order valence-electron chi connectivity index (χ1n) is 7.04. The Bertz CT molecular complexity index is 957. The summed E-state index contributed by atoms with van der Waals surface area (Å²) in [5.74, 6) is 0. The topological polar surface area (TPSA) is 89.8 Å². The van der Waals surface area contributed by atoms with Gasteiger partial charge in [-0.15, -0.1) is 5.10 Å². The number of benzene rings is 1. The summed E-state index contributed by atoms with van der Waals surface area (Å²) in [6, 6.07) is 8.31. The van der Waals surface area contributed by atoms with Gasteiger partial charge < -0.3 is 0 Å². The lowest BCUT2D eigenvalue weighted by Crippen LogP contribution is -2.24. The van der Waals surface area contributed by atoms with Crippen LogP contribution in [0.4, 0.5) is 0 Å². The number of pyridine rings is 1. The lowest BCUT2D eigenvalue weighted by Gasteiger charge is -2.09. The Morgan fingerprint density at radius 3 is 2.71 bits per heavy atom. The molecular weight excluding hydrogens is 350 g/mol. The number of rotatable bonds is 5. The zero-order chi connectivity index (χ0) is 17.2. The Balaban J connectivity index is 1.76. The van der Waals surface area contributed by atoms with Crippen LogP contribution in [0, 0.1) is 6.92 Å². The van der Waals surface area contributed by atoms with Crippen molar-refractivity contribution in [3.8, 4) is 5.69 Å². The summed E-state index contributed by atoms with van der Waals surface area (Å²) in [6.07, 6.45) is 4.94. The minimum absolute atomic E-state index is 0.0272. The molecule has 2 aromatic heterocycles. The molecule has 0 aliphatic heterocycles. The van der Waals surface area contributed by atoms with Crippen LogP contribution in [0.25, 0.3) is 5.69 Å². The van der Waals surface area contributed by atoms with E-state index in [4.69, 9.17) is 11.6 Å². The van der Waals surface area contributed by atoms with Crippen molar-refractivity contribution < 1.29 is 8.42 Å². The van der Waals surface area contributed by atoms with E-state index in [1.807, 2.05) is 0 Å². The molecule has 124 valence electrons. The fourth-order valence-corrected chi connectivity index (χ4v) is 3.62. The van der Waals surface area contributed by atoms with Gasteiger partial charge in [-0.25, -0.2) is 17.8 Å². The maximum atomic E-state index is 12.4. The quantitative estimate of drug-likeness (QED) is 0.749. The monoisotopic (exact) mass is 363 g/mol. The van der Waals surface area contributed by atoms with Gasteiger partial charge in [0.2, 0.25) is 10.0 Å². The van der Waals surface area contributed by atoms with Crippen LogP contribution in [0.15, 0.2) is 53.8 Å². The summed E-state index contributed by atoms with van der Waals surface area (Å²) in [6.45, 7) is 1.69. The maximum absolute atomic E-state index is 12.4. The first-order valence-corrected chi connectivity index (χ1v) is 8.90. The van der Waals surface area contributed by atoms with Gasteiger partial charge in [0, 0.05) is 17.4 Å². The molecule has 0 unspecified atom stereocenters. The number of hydrogen-bond donors (Lipinski definition) is 1. The number of hydrogen-bond acceptors (Lipinski definition) is 5. The van der Waals surface area contributed by atoms with Crippen LogP contribution in [-0.2, 0) is 16.6 Å². The van der Waals surface area contributed by atoms with E-state index in [9.17, 15) is 8.42 Å². The highest BCUT2D eigenvalue weighted by Crippen LogP contribution is 2.22. The molecule has 0 radical (unpaired) electrons. The lowest BCUT2D eigenvalue weighted by atomic mass is 10.2. The number of aromatic nitrogens is 4. The number of sulfonamides is 1. The lowest BCUT2D eigenvalue weighted by molar-refractivity contribution is 0.579. The van der Waals surface area contributed by atoms with Crippen LogP contribution in [-0.4, -0.2) is 28.4 Å². The van der Waals surface area contributed by atoms with Gasteiger partial charge in [0.1, 0.15) is 0 Å². The van der Waals surface area contributed by atoms with Crippen molar-refractivity contribution in [2.75, 3.05) is 0 Å². The first kappa shape index (κ1) is 16.6. The molecule has 0 aliphatic carbocycles. The van der Waals surface area contributed by atoms with Gasteiger partial charge in [-0.2, -0.15) is 0 Å². The number of nitrogens with zero attached hydrogens (tertiary/aromatic N) is 4. The van der Waals surface area contributed by atoms with Gasteiger partial charge in [-0.3, -0.25) is 4.98 Å². The van der Waals surface area contributed by atoms with E-state index in [0.29, 0.717) is 16.3 Å². The number of nitrogens with one attached hydrogen (secondary N) is 1. The van der Waals surface area contributed by atoms with Crippen molar-refractivity contribution >= 4 is 21.6 Å². The van der Waals surface area contributed by atoms with Crippen LogP contribution < -0.4 is 4.72 Å². The van der Waals surface area contributed by atoms with Crippen molar-refractivity contribution in [3.05, 3.63) is 65.2 Å². The largest absolute Gasteiger partial charge is 0.265 e. The second-order valence-corrected chi connectivity index (χ2v) is 7.19. The zero-order valence-corrected chi connectivity index (χ0v) is 14.3. The maximum Gasteiger partial charge on any atom is 0.241 e. The van der Waals surface area contributed by atoms with Gasteiger partial charge in [-0.05, 0) is 36.8 Å². The van der Waals surface area contributed by atoms with Crippen molar-refractivity contribution in [2.24, 2.45) is 0 Å². The third kappa shape index (κ3) is 3.45. The highest BCUT2D eigenvalue weighted by atomic mass is 35.5. The molecule has 0 atom stereocenters. The zero-order valence-electron chi connectivity index (χ0n) is 12.7. The minimum Gasteiger partial charge on any atom is -0.265 e. The van der Waals surface area contributed by atoms with Crippen molar-refractivity contribution in [1.29, 1.82) is 0 Å². The SMILES string of the molecule is Cc1c(Cl)cccc1S(=O)(=O)NCc1cn(-c2ccncc2)nn1. The van der Waals surface area contributed by atoms with E-state index in [2.05, 4.69) is 20.0 Å². The van der Waals surface area contributed by atoms with Crippen LogP contribution in [0.3, 0.4) is 0 Å². The Morgan fingerprint density at radius 1 is 1.21 bits per heavy atom. The Hall–Kier alpha value is -2.29. The third-order valence-electron chi connectivity index (χ3n) is 3.42. The summed E-state index contributed by atoms with van der Waals surface area (Å²) in [7, 11) is -3.69. The summed E-state index contributed by atoms with van der Waals surface area (Å²) in [5.41, 5.74) is 1.79. The summed E-state index contributed by atoms with van der Waals surface area (Å²) in [5, 5.41) is 8.35. The fraction of sp³-hybridized carbons (Fsp3) is 0.133. The molecule has 9 heteroatoms. The van der Waals surface area contributed by atoms with Gasteiger partial charge >= 0.3 is 0 Å². The molecule has 0 saturated heterocycles. The fourth-order valence-electron chi connectivity index (χ4n) is 2.13. The molecule has 2 heterocycles. The molecule has 3 aromatic rings. The van der Waals surface area contributed by atoms with Crippen molar-refractivity contribution in [1.82, 2.24) is 24.7 Å². The molecular formula is C15H14ClN5O2S. The summed E-state index contributed by atoms with van der Waals surface area (Å²) in [4.78, 5) is 4.08.